The van der Waals surface area contributed by atoms with E-state index in [2.05, 4.69) is 46.6 Å². The highest BCUT2D eigenvalue weighted by molar-refractivity contribution is 5.77. The normalized spacial score (nSPS) is 17.2. The Labute approximate surface area is 208 Å². The van der Waals surface area contributed by atoms with Crippen molar-refractivity contribution in [1.29, 1.82) is 0 Å². The molecule has 8 nitrogen and oxygen atoms in total. The molecule has 1 saturated carbocycles. The number of halogens is 1. The lowest BCUT2D eigenvalue weighted by atomic mass is 9.79. The maximum absolute atomic E-state index is 14.7. The summed E-state index contributed by atoms with van der Waals surface area (Å²) in [5.41, 5.74) is 2.50. The first-order valence-corrected chi connectivity index (χ1v) is 12.4. The van der Waals surface area contributed by atoms with Crippen molar-refractivity contribution < 1.29 is 4.39 Å². The maximum atomic E-state index is 14.7. The van der Waals surface area contributed by atoms with Crippen LogP contribution in [-0.4, -0.2) is 30.9 Å². The Morgan fingerprint density at radius 3 is 2.72 bits per heavy atom. The number of rotatable bonds is 5. The average Bonchev–Trinajstić information content (AvgIpc) is 3.62. The third-order valence-corrected chi connectivity index (χ3v) is 7.05. The van der Waals surface area contributed by atoms with Gasteiger partial charge in [0.05, 0.1) is 11.7 Å². The largest absolute Gasteiger partial charge is 0.324 e. The number of fused-ring (bicyclic) bond motifs is 2. The first-order chi connectivity index (χ1) is 17.1. The molecule has 0 radical (unpaired) electrons. The summed E-state index contributed by atoms with van der Waals surface area (Å²) in [6, 6.07) is 11.6. The Bertz CT molecular complexity index is 1540. The van der Waals surface area contributed by atoms with Crippen LogP contribution < -0.4 is 16.2 Å². The van der Waals surface area contributed by atoms with Gasteiger partial charge in [0.15, 0.2) is 11.5 Å². The smallest absolute Gasteiger partial charge is 0.278 e. The highest BCUT2D eigenvalue weighted by Gasteiger charge is 2.32. The van der Waals surface area contributed by atoms with Crippen LogP contribution in [0.1, 0.15) is 63.4 Å². The Morgan fingerprint density at radius 1 is 1.17 bits per heavy atom. The molecular weight excluding hydrogens is 457 g/mol. The molecule has 2 N–H and O–H groups in total. The molecule has 6 rings (SSSR count). The van der Waals surface area contributed by atoms with Gasteiger partial charge in [-0.05, 0) is 62.1 Å². The summed E-state index contributed by atoms with van der Waals surface area (Å²) in [5.74, 6) is 0.845. The first-order valence-electron chi connectivity index (χ1n) is 12.4. The van der Waals surface area contributed by atoms with Crippen LogP contribution in [0.3, 0.4) is 0 Å². The molecule has 1 aliphatic heterocycles. The van der Waals surface area contributed by atoms with Gasteiger partial charge < -0.3 is 10.6 Å². The van der Waals surface area contributed by atoms with E-state index in [1.54, 1.807) is 33.8 Å². The van der Waals surface area contributed by atoms with E-state index >= 15 is 0 Å². The van der Waals surface area contributed by atoms with Crippen molar-refractivity contribution in [2.75, 3.05) is 11.9 Å². The lowest BCUT2D eigenvalue weighted by Crippen LogP contribution is -2.38. The lowest BCUT2D eigenvalue weighted by molar-refractivity contribution is 0.214. The minimum atomic E-state index is -1.61. The fraction of sp³-hybridized carbons (Fsp3) is 0.407. The predicted molar refractivity (Wildman–Crippen MR) is 138 cm³/mol. The topological polar surface area (TPSA) is 89.7 Å². The number of benzene rings is 1. The predicted octanol–water partition coefficient (Wildman–Crippen LogP) is 4.64. The van der Waals surface area contributed by atoms with Gasteiger partial charge in [-0.25, -0.2) is 23.7 Å². The second-order valence-electron chi connectivity index (χ2n) is 11.0. The van der Waals surface area contributed by atoms with Gasteiger partial charge in [0.25, 0.3) is 5.56 Å². The molecule has 1 aromatic carbocycles. The number of anilines is 2. The van der Waals surface area contributed by atoms with Gasteiger partial charge in [0, 0.05) is 30.4 Å². The summed E-state index contributed by atoms with van der Waals surface area (Å²) in [5, 5.41) is 7.20. The van der Waals surface area contributed by atoms with Crippen LogP contribution >= 0.6 is 0 Å². The van der Waals surface area contributed by atoms with Crippen molar-refractivity contribution in [3.8, 4) is 5.82 Å². The zero-order chi connectivity index (χ0) is 25.2. The maximum Gasteiger partial charge on any atom is 0.278 e. The molecule has 4 aromatic rings. The van der Waals surface area contributed by atoms with Crippen LogP contribution in [0, 0.1) is 0 Å². The molecule has 1 aliphatic carbocycles. The van der Waals surface area contributed by atoms with Crippen molar-refractivity contribution in [2.24, 2.45) is 0 Å². The van der Waals surface area contributed by atoms with E-state index in [-0.39, 0.29) is 17.0 Å². The molecule has 0 amide bonds. The zero-order valence-electron chi connectivity index (χ0n) is 21.0. The van der Waals surface area contributed by atoms with Gasteiger partial charge in [0.2, 0.25) is 5.95 Å². The van der Waals surface area contributed by atoms with Crippen LogP contribution in [0.2, 0.25) is 0 Å². The number of hydrogen-bond acceptors (Lipinski definition) is 6. The molecule has 9 heteroatoms. The van der Waals surface area contributed by atoms with Gasteiger partial charge in [-0.1, -0.05) is 26.0 Å². The van der Waals surface area contributed by atoms with Crippen LogP contribution in [0.5, 0.6) is 0 Å². The summed E-state index contributed by atoms with van der Waals surface area (Å²) >= 11 is 0. The van der Waals surface area contributed by atoms with Gasteiger partial charge in [-0.2, -0.15) is 4.98 Å². The summed E-state index contributed by atoms with van der Waals surface area (Å²) < 4.78 is 18.1. The Balaban J connectivity index is 1.45. The first kappa shape index (κ1) is 22.8. The third-order valence-electron chi connectivity index (χ3n) is 7.05. The van der Waals surface area contributed by atoms with Crippen molar-refractivity contribution in [3.63, 3.8) is 0 Å². The van der Waals surface area contributed by atoms with Crippen LogP contribution in [0.25, 0.3) is 16.9 Å². The summed E-state index contributed by atoms with van der Waals surface area (Å²) in [6.07, 6.45) is 3.37. The number of nitrogens with zero attached hydrogens (tertiary/aromatic N) is 5. The Morgan fingerprint density at radius 2 is 1.97 bits per heavy atom. The van der Waals surface area contributed by atoms with E-state index in [0.29, 0.717) is 28.5 Å². The van der Waals surface area contributed by atoms with E-state index in [4.69, 9.17) is 4.98 Å². The molecule has 3 aromatic heterocycles. The molecule has 0 bridgehead atoms. The van der Waals surface area contributed by atoms with Gasteiger partial charge >= 0.3 is 0 Å². The minimum Gasteiger partial charge on any atom is -0.324 e. The highest BCUT2D eigenvalue weighted by atomic mass is 19.1. The minimum absolute atomic E-state index is 0.0685. The second kappa shape index (κ2) is 7.96. The van der Waals surface area contributed by atoms with Crippen LogP contribution in [0.4, 0.5) is 16.0 Å². The van der Waals surface area contributed by atoms with Crippen molar-refractivity contribution in [3.05, 3.63) is 69.8 Å². The fourth-order valence-corrected chi connectivity index (χ4v) is 5.01. The number of aromatic nitrogens is 5. The van der Waals surface area contributed by atoms with Crippen molar-refractivity contribution in [1.82, 2.24) is 29.6 Å². The van der Waals surface area contributed by atoms with E-state index in [0.717, 1.165) is 31.6 Å². The molecular formula is C27H30FN7O. The Kier molecular flexibility index (Phi) is 5.05. The number of nitrogens with one attached hydrogen (secondary N) is 2. The summed E-state index contributed by atoms with van der Waals surface area (Å²) in [6.45, 7) is 9.17. The quantitative estimate of drug-likeness (QED) is 0.426. The van der Waals surface area contributed by atoms with E-state index < -0.39 is 5.67 Å². The average molecular weight is 488 g/mol. The van der Waals surface area contributed by atoms with Crippen molar-refractivity contribution in [2.45, 2.75) is 64.2 Å². The highest BCUT2D eigenvalue weighted by Crippen LogP contribution is 2.36. The monoisotopic (exact) mass is 487 g/mol. The fourth-order valence-electron chi connectivity index (χ4n) is 5.01. The summed E-state index contributed by atoms with van der Waals surface area (Å²) in [4.78, 5) is 27.1. The van der Waals surface area contributed by atoms with Crippen LogP contribution in [0.15, 0.2) is 47.4 Å². The second-order valence-corrected chi connectivity index (χ2v) is 11.0. The molecule has 0 atom stereocenters. The molecule has 1 fully saturated rings. The molecule has 0 spiro atoms. The molecule has 4 heterocycles. The summed E-state index contributed by atoms with van der Waals surface area (Å²) in [7, 11) is 0. The Hall–Kier alpha value is -3.59. The molecule has 2 aliphatic rings. The SMILES string of the molecule is CC(C)(F)c1cccc(-n2c3nc(Nc4ccc5c(c4)CNCC5(C)C)ncc3c(=O)n2C2CC2)n1. The lowest BCUT2D eigenvalue weighted by Gasteiger charge is -2.33. The van der Waals surface area contributed by atoms with Gasteiger partial charge in [-0.15, -0.1) is 0 Å². The standard InChI is InChI=1S/C27H30FN7O/c1-26(2)15-29-13-16-12-17(8-11-20(16)26)31-25-30-14-19-23(33-25)35(34(24(19)36)18-9-10-18)22-7-5-6-21(32-22)27(3,4)28/h5-8,11-12,14,18,29H,9-10,13,15H2,1-4H3,(H,30,31,33). The number of pyridine rings is 1. The van der Waals surface area contributed by atoms with Crippen molar-refractivity contribution >= 4 is 22.7 Å². The number of alkyl halides is 1. The zero-order valence-corrected chi connectivity index (χ0v) is 21.0. The van der Waals surface area contributed by atoms with E-state index in [1.165, 1.54) is 25.0 Å². The molecule has 36 heavy (non-hydrogen) atoms. The van der Waals surface area contributed by atoms with Gasteiger partial charge in [-0.3, -0.25) is 4.79 Å². The van der Waals surface area contributed by atoms with Gasteiger partial charge in [0.1, 0.15) is 11.1 Å². The molecule has 0 unspecified atom stereocenters. The van der Waals surface area contributed by atoms with E-state index in [9.17, 15) is 9.18 Å². The number of hydrogen-bond donors (Lipinski definition) is 2. The third kappa shape index (κ3) is 3.87. The van der Waals surface area contributed by atoms with Crippen LogP contribution in [-0.2, 0) is 17.6 Å². The molecule has 0 saturated heterocycles. The molecule has 186 valence electrons. The van der Waals surface area contributed by atoms with E-state index in [1.807, 2.05) is 6.07 Å².